The molecule has 1 aromatic carbocycles. The van der Waals surface area contributed by atoms with Gasteiger partial charge in [-0.05, 0) is 10.4 Å². The second-order valence-corrected chi connectivity index (χ2v) is 3.37. The smallest absolute Gasteiger partial charge is 0.274 e. The lowest BCUT2D eigenvalue weighted by molar-refractivity contribution is -0.385. The number of rotatable bonds is 4. The molecule has 2 rings (SSSR count). The first-order valence-corrected chi connectivity index (χ1v) is 4.87. The van der Waals surface area contributed by atoms with E-state index in [1.165, 1.54) is 10.7 Å². The van der Waals surface area contributed by atoms with Crippen LogP contribution in [-0.2, 0) is 13.6 Å². The number of nitrogens with one attached hydrogen (secondary N) is 1. The molecule has 0 saturated heterocycles. The number of aryl methyl sites for hydroxylation is 1. The Labute approximate surface area is 96.4 Å². The van der Waals surface area contributed by atoms with Crippen LogP contribution >= 0.6 is 0 Å². The fraction of sp³-hybridized carbons (Fsp3) is 0.222. The molecule has 8 heteroatoms. The summed E-state index contributed by atoms with van der Waals surface area (Å²) in [4.78, 5) is 10.4. The average Bonchev–Trinajstić information content (AvgIpc) is 2.72. The second-order valence-electron chi connectivity index (χ2n) is 3.37. The normalized spacial score (nSPS) is 10.2. The third kappa shape index (κ3) is 2.36. The molecule has 0 amide bonds. The Hall–Kier alpha value is -2.51. The molecule has 0 spiro atoms. The number of anilines is 1. The number of hydrogen-bond donors (Lipinski definition) is 1. The van der Waals surface area contributed by atoms with Crippen molar-refractivity contribution in [2.45, 2.75) is 6.54 Å². The van der Waals surface area contributed by atoms with E-state index in [2.05, 4.69) is 20.8 Å². The lowest BCUT2D eigenvalue weighted by atomic mass is 10.2. The number of tetrazole rings is 1. The van der Waals surface area contributed by atoms with E-state index in [0.717, 1.165) is 0 Å². The highest BCUT2D eigenvalue weighted by molar-refractivity contribution is 5.41. The SMILES string of the molecule is Cn1nnnc1NCc1ccccc1[N+](=O)[O-]. The summed E-state index contributed by atoms with van der Waals surface area (Å²) in [6, 6.07) is 6.53. The fourth-order valence-electron chi connectivity index (χ4n) is 1.39. The van der Waals surface area contributed by atoms with Gasteiger partial charge in [0.15, 0.2) is 0 Å². The monoisotopic (exact) mass is 234 g/mol. The Kier molecular flexibility index (Phi) is 2.95. The third-order valence-corrected chi connectivity index (χ3v) is 2.25. The summed E-state index contributed by atoms with van der Waals surface area (Å²) in [6.45, 7) is 0.297. The Morgan fingerprint density at radius 3 is 2.88 bits per heavy atom. The van der Waals surface area contributed by atoms with Gasteiger partial charge in [0.05, 0.1) is 4.92 Å². The van der Waals surface area contributed by atoms with Crippen LogP contribution < -0.4 is 5.32 Å². The molecule has 8 nitrogen and oxygen atoms in total. The molecule has 88 valence electrons. The highest BCUT2D eigenvalue weighted by atomic mass is 16.6. The van der Waals surface area contributed by atoms with Crippen molar-refractivity contribution in [1.29, 1.82) is 0 Å². The Bertz CT molecular complexity index is 538. The van der Waals surface area contributed by atoms with Gasteiger partial charge in [-0.3, -0.25) is 10.1 Å². The first-order valence-electron chi connectivity index (χ1n) is 4.87. The van der Waals surface area contributed by atoms with Crippen molar-refractivity contribution in [2.24, 2.45) is 7.05 Å². The Balaban J connectivity index is 2.14. The zero-order chi connectivity index (χ0) is 12.3. The molecule has 0 aliphatic carbocycles. The summed E-state index contributed by atoms with van der Waals surface area (Å²) >= 11 is 0. The number of nitrogens with zero attached hydrogens (tertiary/aromatic N) is 5. The maximum atomic E-state index is 10.8. The molecule has 0 saturated carbocycles. The second kappa shape index (κ2) is 4.56. The molecule has 0 radical (unpaired) electrons. The molecule has 0 unspecified atom stereocenters. The fourth-order valence-corrected chi connectivity index (χ4v) is 1.39. The zero-order valence-corrected chi connectivity index (χ0v) is 9.07. The molecule has 1 N–H and O–H groups in total. The number of nitro groups is 1. The van der Waals surface area contributed by atoms with Crippen LogP contribution in [0.15, 0.2) is 24.3 Å². The summed E-state index contributed by atoms with van der Waals surface area (Å²) in [5, 5.41) is 24.5. The van der Waals surface area contributed by atoms with E-state index in [1.54, 1.807) is 25.2 Å². The molecule has 1 heterocycles. The Morgan fingerprint density at radius 1 is 1.47 bits per heavy atom. The highest BCUT2D eigenvalue weighted by Crippen LogP contribution is 2.18. The largest absolute Gasteiger partial charge is 0.349 e. The van der Waals surface area contributed by atoms with Crippen LogP contribution in [0.25, 0.3) is 0 Å². The lowest BCUT2D eigenvalue weighted by Gasteiger charge is -2.04. The van der Waals surface area contributed by atoms with Gasteiger partial charge in [-0.1, -0.05) is 23.3 Å². The van der Waals surface area contributed by atoms with Crippen molar-refractivity contribution in [3.63, 3.8) is 0 Å². The van der Waals surface area contributed by atoms with Gasteiger partial charge in [-0.25, -0.2) is 4.68 Å². The van der Waals surface area contributed by atoms with Crippen molar-refractivity contribution in [2.75, 3.05) is 5.32 Å². The molecule has 1 aromatic heterocycles. The van der Waals surface area contributed by atoms with Crippen LogP contribution in [0.2, 0.25) is 0 Å². The zero-order valence-electron chi connectivity index (χ0n) is 9.07. The van der Waals surface area contributed by atoms with E-state index in [4.69, 9.17) is 0 Å². The van der Waals surface area contributed by atoms with Gasteiger partial charge in [-0.15, -0.1) is 0 Å². The van der Waals surface area contributed by atoms with Crippen molar-refractivity contribution in [3.8, 4) is 0 Å². The molecule has 0 aliphatic rings. The van der Waals surface area contributed by atoms with Gasteiger partial charge >= 0.3 is 0 Å². The number of hydrogen-bond acceptors (Lipinski definition) is 6. The van der Waals surface area contributed by atoms with Crippen molar-refractivity contribution in [1.82, 2.24) is 20.2 Å². The molecule has 0 fully saturated rings. The summed E-state index contributed by atoms with van der Waals surface area (Å²) in [6.07, 6.45) is 0. The maximum absolute atomic E-state index is 10.8. The van der Waals surface area contributed by atoms with Gasteiger partial charge in [0.2, 0.25) is 5.95 Å². The van der Waals surface area contributed by atoms with Crippen LogP contribution in [-0.4, -0.2) is 25.1 Å². The van der Waals surface area contributed by atoms with Crippen LogP contribution in [0, 0.1) is 10.1 Å². The summed E-state index contributed by atoms with van der Waals surface area (Å²) < 4.78 is 1.45. The van der Waals surface area contributed by atoms with Gasteiger partial charge < -0.3 is 5.32 Å². The standard InChI is InChI=1S/C9H10N6O2/c1-14-9(11-12-13-14)10-6-7-4-2-3-5-8(7)15(16)17/h2-5H,6H2,1H3,(H,10,11,13). The first kappa shape index (κ1) is 11.0. The molecule has 2 aromatic rings. The number of nitro benzene ring substituents is 1. The molecule has 0 atom stereocenters. The first-order chi connectivity index (χ1) is 8.18. The molecular weight excluding hydrogens is 224 g/mol. The van der Waals surface area contributed by atoms with Crippen molar-refractivity contribution >= 4 is 11.6 Å². The number of benzene rings is 1. The number of para-hydroxylation sites is 1. The van der Waals surface area contributed by atoms with Crippen molar-refractivity contribution in [3.05, 3.63) is 39.9 Å². The van der Waals surface area contributed by atoms with Crippen LogP contribution in [0.1, 0.15) is 5.56 Å². The van der Waals surface area contributed by atoms with Gasteiger partial charge in [0.1, 0.15) is 0 Å². The summed E-state index contributed by atoms with van der Waals surface area (Å²) in [5.74, 6) is 0.461. The molecule has 0 aliphatic heterocycles. The minimum absolute atomic E-state index is 0.0788. The summed E-state index contributed by atoms with van der Waals surface area (Å²) in [7, 11) is 1.68. The van der Waals surface area contributed by atoms with Crippen LogP contribution in [0.4, 0.5) is 11.6 Å². The van der Waals surface area contributed by atoms with E-state index in [-0.39, 0.29) is 5.69 Å². The van der Waals surface area contributed by atoms with Gasteiger partial charge in [0, 0.05) is 25.2 Å². The minimum atomic E-state index is -0.411. The topological polar surface area (TPSA) is 98.8 Å². The third-order valence-electron chi connectivity index (χ3n) is 2.25. The van der Waals surface area contributed by atoms with Gasteiger partial charge in [0.25, 0.3) is 5.69 Å². The van der Waals surface area contributed by atoms with Crippen LogP contribution in [0.3, 0.4) is 0 Å². The number of aromatic nitrogens is 4. The molecule has 0 bridgehead atoms. The van der Waals surface area contributed by atoms with E-state index in [1.807, 2.05) is 0 Å². The quantitative estimate of drug-likeness (QED) is 0.618. The van der Waals surface area contributed by atoms with E-state index < -0.39 is 4.92 Å². The minimum Gasteiger partial charge on any atom is -0.349 e. The summed E-state index contributed by atoms with van der Waals surface area (Å²) in [5.41, 5.74) is 0.663. The average molecular weight is 234 g/mol. The van der Waals surface area contributed by atoms with E-state index in [9.17, 15) is 10.1 Å². The maximum Gasteiger partial charge on any atom is 0.274 e. The Morgan fingerprint density at radius 2 is 2.24 bits per heavy atom. The molecular formula is C9H10N6O2. The van der Waals surface area contributed by atoms with Gasteiger partial charge in [-0.2, -0.15) is 0 Å². The predicted octanol–water partition coefficient (Wildman–Crippen LogP) is 0.730. The van der Waals surface area contributed by atoms with E-state index >= 15 is 0 Å². The molecule has 17 heavy (non-hydrogen) atoms. The lowest BCUT2D eigenvalue weighted by Crippen LogP contribution is -2.07. The highest BCUT2D eigenvalue weighted by Gasteiger charge is 2.12. The van der Waals surface area contributed by atoms with Crippen molar-refractivity contribution < 1.29 is 4.92 Å². The van der Waals surface area contributed by atoms with Crippen LogP contribution in [0.5, 0.6) is 0 Å². The van der Waals surface area contributed by atoms with E-state index in [0.29, 0.717) is 18.1 Å². The predicted molar refractivity (Wildman–Crippen MR) is 59.2 cm³/mol.